The Labute approximate surface area is 84.3 Å². The first kappa shape index (κ1) is 10.6. The highest BCUT2D eigenvalue weighted by atomic mass is 16.5. The highest BCUT2D eigenvalue weighted by Gasteiger charge is 1.99. The summed E-state index contributed by atoms with van der Waals surface area (Å²) in [5.41, 5.74) is 2.16. The summed E-state index contributed by atoms with van der Waals surface area (Å²) in [7, 11) is 1.67. The smallest absolute Gasteiger partial charge is 0.0733 e. The maximum Gasteiger partial charge on any atom is 0.0733 e. The van der Waals surface area contributed by atoms with E-state index >= 15 is 0 Å². The number of nitriles is 1. The molecule has 1 N–H and O–H groups in total. The minimum absolute atomic E-state index is 0.515. The van der Waals surface area contributed by atoms with Crippen LogP contribution in [0, 0.1) is 11.3 Å². The number of para-hydroxylation sites is 1. The Morgan fingerprint density at radius 3 is 2.93 bits per heavy atom. The van der Waals surface area contributed by atoms with Crippen LogP contribution in [0.15, 0.2) is 24.3 Å². The Balaban J connectivity index is 2.60. The molecule has 0 aromatic heterocycles. The molecule has 74 valence electrons. The number of ether oxygens (including phenoxy) is 1. The van der Waals surface area contributed by atoms with Crippen molar-refractivity contribution in [1.29, 1.82) is 5.26 Å². The van der Waals surface area contributed by atoms with Gasteiger partial charge in [0.25, 0.3) is 0 Å². The Kier molecular flexibility index (Phi) is 4.53. The van der Waals surface area contributed by atoms with Crippen LogP contribution in [-0.2, 0) is 11.3 Å². The van der Waals surface area contributed by atoms with E-state index in [2.05, 4.69) is 11.4 Å². The lowest BCUT2D eigenvalue weighted by molar-refractivity contribution is 0.185. The average Bonchev–Trinajstić information content (AvgIpc) is 2.21. The highest BCUT2D eigenvalue weighted by Crippen LogP contribution is 2.15. The number of hydrogen-bond acceptors (Lipinski definition) is 3. The summed E-state index contributed by atoms with van der Waals surface area (Å²) in [5, 5.41) is 11.6. The molecule has 1 aromatic carbocycles. The van der Waals surface area contributed by atoms with Crippen molar-refractivity contribution in [2.24, 2.45) is 0 Å². The van der Waals surface area contributed by atoms with E-state index in [1.807, 2.05) is 24.3 Å². The molecule has 0 aliphatic rings. The minimum Gasteiger partial charge on any atom is -0.384 e. The lowest BCUT2D eigenvalue weighted by Crippen LogP contribution is -2.03. The third-order valence-electron chi connectivity index (χ3n) is 1.87. The van der Waals surface area contributed by atoms with E-state index < -0.39 is 0 Å². The van der Waals surface area contributed by atoms with Crippen molar-refractivity contribution >= 4 is 5.69 Å². The number of anilines is 1. The van der Waals surface area contributed by atoms with Crippen molar-refractivity contribution in [3.8, 4) is 6.07 Å². The molecule has 0 fully saturated rings. The lowest BCUT2D eigenvalue weighted by atomic mass is 10.2. The van der Waals surface area contributed by atoms with Crippen molar-refractivity contribution in [2.45, 2.75) is 13.0 Å². The van der Waals surface area contributed by atoms with E-state index in [-0.39, 0.29) is 0 Å². The zero-order valence-corrected chi connectivity index (χ0v) is 8.29. The molecule has 1 aromatic rings. The van der Waals surface area contributed by atoms with E-state index in [4.69, 9.17) is 10.00 Å². The zero-order valence-electron chi connectivity index (χ0n) is 8.29. The molecule has 0 spiro atoms. The van der Waals surface area contributed by atoms with Crippen LogP contribution in [0.1, 0.15) is 12.0 Å². The quantitative estimate of drug-likeness (QED) is 0.723. The van der Waals surface area contributed by atoms with Crippen LogP contribution in [0.25, 0.3) is 0 Å². The molecule has 0 amide bonds. The molecule has 0 bridgehead atoms. The second-order valence-corrected chi connectivity index (χ2v) is 2.93. The second-order valence-electron chi connectivity index (χ2n) is 2.93. The van der Waals surface area contributed by atoms with Crippen LogP contribution in [-0.4, -0.2) is 13.7 Å². The van der Waals surface area contributed by atoms with Gasteiger partial charge in [-0.05, 0) is 6.07 Å². The molecule has 0 unspecified atom stereocenters. The van der Waals surface area contributed by atoms with Crippen molar-refractivity contribution in [1.82, 2.24) is 0 Å². The van der Waals surface area contributed by atoms with Crippen molar-refractivity contribution in [2.75, 3.05) is 19.0 Å². The van der Waals surface area contributed by atoms with Gasteiger partial charge >= 0.3 is 0 Å². The van der Waals surface area contributed by atoms with E-state index in [0.717, 1.165) is 11.3 Å². The Morgan fingerprint density at radius 2 is 2.21 bits per heavy atom. The molecule has 0 heterocycles. The summed E-state index contributed by atoms with van der Waals surface area (Å²) >= 11 is 0. The standard InChI is InChI=1S/C11H14N2O/c1-14-9-10-5-2-3-6-11(10)13-8-4-7-12/h2-3,5-6,13H,4,8-9H2,1H3. The Morgan fingerprint density at radius 1 is 1.43 bits per heavy atom. The fraction of sp³-hybridized carbons (Fsp3) is 0.364. The van der Waals surface area contributed by atoms with Crippen LogP contribution in [0.2, 0.25) is 0 Å². The fourth-order valence-electron chi connectivity index (χ4n) is 1.23. The molecule has 0 aliphatic heterocycles. The SMILES string of the molecule is COCc1ccccc1NCCC#N. The number of hydrogen-bond donors (Lipinski definition) is 1. The van der Waals surface area contributed by atoms with Crippen LogP contribution in [0.5, 0.6) is 0 Å². The van der Waals surface area contributed by atoms with E-state index in [1.54, 1.807) is 7.11 Å². The molecule has 0 saturated heterocycles. The molecule has 0 atom stereocenters. The molecule has 1 rings (SSSR count). The lowest BCUT2D eigenvalue weighted by Gasteiger charge is -2.09. The number of rotatable bonds is 5. The topological polar surface area (TPSA) is 45.0 Å². The summed E-state index contributed by atoms with van der Waals surface area (Å²) in [6.07, 6.45) is 0.515. The van der Waals surface area contributed by atoms with Crippen molar-refractivity contribution in [3.63, 3.8) is 0 Å². The Bertz CT molecular complexity index is 317. The molecular weight excluding hydrogens is 176 g/mol. The van der Waals surface area contributed by atoms with Crippen LogP contribution < -0.4 is 5.32 Å². The van der Waals surface area contributed by atoms with Gasteiger partial charge in [-0.2, -0.15) is 5.26 Å². The monoisotopic (exact) mass is 190 g/mol. The van der Waals surface area contributed by atoms with Gasteiger partial charge < -0.3 is 10.1 Å². The fourth-order valence-corrected chi connectivity index (χ4v) is 1.23. The highest BCUT2D eigenvalue weighted by molar-refractivity contribution is 5.50. The van der Waals surface area contributed by atoms with Crippen molar-refractivity contribution in [3.05, 3.63) is 29.8 Å². The van der Waals surface area contributed by atoms with Crippen LogP contribution >= 0.6 is 0 Å². The van der Waals surface area contributed by atoms with E-state index in [1.165, 1.54) is 0 Å². The van der Waals surface area contributed by atoms with Gasteiger partial charge in [-0.1, -0.05) is 18.2 Å². The maximum atomic E-state index is 8.40. The Hall–Kier alpha value is -1.53. The second kappa shape index (κ2) is 6.01. The van der Waals surface area contributed by atoms with Gasteiger partial charge in [0.15, 0.2) is 0 Å². The molecular formula is C11H14N2O. The summed E-state index contributed by atoms with van der Waals surface area (Å²) in [5.74, 6) is 0. The largest absolute Gasteiger partial charge is 0.384 e. The number of nitrogens with zero attached hydrogens (tertiary/aromatic N) is 1. The van der Waals surface area contributed by atoms with Crippen LogP contribution in [0.4, 0.5) is 5.69 Å². The van der Waals surface area contributed by atoms with Gasteiger partial charge in [0, 0.05) is 24.9 Å². The van der Waals surface area contributed by atoms with Gasteiger partial charge in [0.05, 0.1) is 19.1 Å². The predicted octanol–water partition coefficient (Wildman–Crippen LogP) is 2.16. The summed E-state index contributed by atoms with van der Waals surface area (Å²) < 4.78 is 5.07. The zero-order chi connectivity index (χ0) is 10.2. The number of methoxy groups -OCH3 is 1. The number of nitrogens with one attached hydrogen (secondary N) is 1. The molecule has 0 radical (unpaired) electrons. The van der Waals surface area contributed by atoms with Gasteiger partial charge in [-0.3, -0.25) is 0 Å². The first-order chi connectivity index (χ1) is 6.88. The van der Waals surface area contributed by atoms with Gasteiger partial charge in [-0.15, -0.1) is 0 Å². The average molecular weight is 190 g/mol. The third-order valence-corrected chi connectivity index (χ3v) is 1.87. The summed E-state index contributed by atoms with van der Waals surface area (Å²) in [6.45, 7) is 1.27. The molecule has 0 saturated carbocycles. The molecule has 3 heteroatoms. The van der Waals surface area contributed by atoms with Crippen molar-refractivity contribution < 1.29 is 4.74 Å². The van der Waals surface area contributed by atoms with Gasteiger partial charge in [-0.25, -0.2) is 0 Å². The third kappa shape index (κ3) is 3.08. The molecule has 14 heavy (non-hydrogen) atoms. The maximum absolute atomic E-state index is 8.40. The van der Waals surface area contributed by atoms with E-state index in [9.17, 15) is 0 Å². The summed E-state index contributed by atoms with van der Waals surface area (Å²) in [4.78, 5) is 0. The summed E-state index contributed by atoms with van der Waals surface area (Å²) in [6, 6.07) is 10.0. The first-order valence-electron chi connectivity index (χ1n) is 4.56. The molecule has 3 nitrogen and oxygen atoms in total. The van der Waals surface area contributed by atoms with E-state index in [0.29, 0.717) is 19.6 Å². The minimum atomic E-state index is 0.515. The predicted molar refractivity (Wildman–Crippen MR) is 55.9 cm³/mol. The van der Waals surface area contributed by atoms with Gasteiger partial charge in [0.2, 0.25) is 0 Å². The van der Waals surface area contributed by atoms with Gasteiger partial charge in [0.1, 0.15) is 0 Å². The first-order valence-corrected chi connectivity index (χ1v) is 4.56. The normalized spacial score (nSPS) is 9.43. The number of benzene rings is 1. The van der Waals surface area contributed by atoms with Crippen LogP contribution in [0.3, 0.4) is 0 Å². The molecule has 0 aliphatic carbocycles.